The minimum Gasteiger partial charge on any atom is -0.476 e. The zero-order chi connectivity index (χ0) is 19.8. The quantitative estimate of drug-likeness (QED) is 0.715. The molecule has 12 heteroatoms. The predicted molar refractivity (Wildman–Crippen MR) is 92.4 cm³/mol. The maximum atomic E-state index is 12.6. The summed E-state index contributed by atoms with van der Waals surface area (Å²) < 4.78 is 29.2. The number of carbonyl (C=O) groups is 2. The summed E-state index contributed by atoms with van der Waals surface area (Å²) in [6.07, 6.45) is 4.18. The van der Waals surface area contributed by atoms with Gasteiger partial charge in [0.1, 0.15) is 10.9 Å². The SMILES string of the molecule is CC(C(=O)N1CCN(S(=O)(=O)c2cnn(C)c2)CC1)n1ccc(C(=O)O)n1. The molecule has 3 rings (SSSR count). The van der Waals surface area contributed by atoms with E-state index in [1.165, 1.54) is 38.3 Å². The number of aromatic nitrogens is 4. The van der Waals surface area contributed by atoms with Crippen LogP contribution in [0.25, 0.3) is 0 Å². The van der Waals surface area contributed by atoms with Crippen LogP contribution in [-0.2, 0) is 21.9 Å². The molecule has 1 saturated heterocycles. The molecule has 1 atom stereocenters. The molecule has 0 radical (unpaired) electrons. The second-order valence-electron chi connectivity index (χ2n) is 6.24. The maximum Gasteiger partial charge on any atom is 0.356 e. The highest BCUT2D eigenvalue weighted by molar-refractivity contribution is 7.89. The van der Waals surface area contributed by atoms with Crippen LogP contribution in [0.1, 0.15) is 23.5 Å². The number of carbonyl (C=O) groups excluding carboxylic acids is 1. The fraction of sp³-hybridized carbons (Fsp3) is 0.467. The molecule has 1 fully saturated rings. The van der Waals surface area contributed by atoms with Crippen LogP contribution in [0.3, 0.4) is 0 Å². The lowest BCUT2D eigenvalue weighted by Gasteiger charge is -2.35. The fourth-order valence-electron chi connectivity index (χ4n) is 2.88. The van der Waals surface area contributed by atoms with Gasteiger partial charge in [0.2, 0.25) is 15.9 Å². The number of nitrogens with zero attached hydrogens (tertiary/aromatic N) is 6. The van der Waals surface area contributed by atoms with Gasteiger partial charge in [-0.05, 0) is 13.0 Å². The van der Waals surface area contributed by atoms with Crippen LogP contribution in [-0.4, -0.2) is 80.3 Å². The number of rotatable bonds is 5. The topological polar surface area (TPSA) is 131 Å². The monoisotopic (exact) mass is 396 g/mol. The number of amides is 1. The van der Waals surface area contributed by atoms with Crippen LogP contribution in [0.2, 0.25) is 0 Å². The highest BCUT2D eigenvalue weighted by Gasteiger charge is 2.32. The first-order valence-electron chi connectivity index (χ1n) is 8.26. The third-order valence-corrected chi connectivity index (χ3v) is 6.30. The van der Waals surface area contributed by atoms with E-state index in [-0.39, 0.29) is 42.7 Å². The molecular weight excluding hydrogens is 376 g/mol. The number of carboxylic acids is 1. The molecule has 0 bridgehead atoms. The second kappa shape index (κ2) is 7.12. The van der Waals surface area contributed by atoms with Crippen LogP contribution >= 0.6 is 0 Å². The average Bonchev–Trinajstić information content (AvgIpc) is 3.30. The molecule has 11 nitrogen and oxygen atoms in total. The van der Waals surface area contributed by atoms with Gasteiger partial charge >= 0.3 is 5.97 Å². The van der Waals surface area contributed by atoms with E-state index in [4.69, 9.17) is 5.11 Å². The summed E-state index contributed by atoms with van der Waals surface area (Å²) >= 11 is 0. The molecule has 1 N–H and O–H groups in total. The molecule has 146 valence electrons. The van der Waals surface area contributed by atoms with E-state index in [0.717, 1.165) is 0 Å². The van der Waals surface area contributed by atoms with E-state index in [2.05, 4.69) is 10.2 Å². The Bertz CT molecular complexity index is 957. The minimum atomic E-state index is -3.64. The number of sulfonamides is 1. The van der Waals surface area contributed by atoms with Gasteiger partial charge in [-0.1, -0.05) is 0 Å². The van der Waals surface area contributed by atoms with Crippen molar-refractivity contribution >= 4 is 21.9 Å². The first kappa shape index (κ1) is 19.0. The number of aryl methyl sites for hydroxylation is 1. The van der Waals surface area contributed by atoms with Crippen molar-refractivity contribution in [2.45, 2.75) is 17.9 Å². The summed E-state index contributed by atoms with van der Waals surface area (Å²) in [7, 11) is -2.00. The van der Waals surface area contributed by atoms with Gasteiger partial charge in [-0.2, -0.15) is 14.5 Å². The molecule has 1 amide bonds. The first-order chi connectivity index (χ1) is 12.7. The molecule has 0 spiro atoms. The lowest BCUT2D eigenvalue weighted by molar-refractivity contribution is -0.135. The molecule has 27 heavy (non-hydrogen) atoms. The lowest BCUT2D eigenvalue weighted by atomic mass is 10.2. The highest BCUT2D eigenvalue weighted by Crippen LogP contribution is 2.18. The minimum absolute atomic E-state index is 0.121. The van der Waals surface area contributed by atoms with E-state index in [1.54, 1.807) is 18.9 Å². The predicted octanol–water partition coefficient (Wildman–Crippen LogP) is -0.591. The number of hydrogen-bond donors (Lipinski definition) is 1. The number of hydrogen-bond acceptors (Lipinski definition) is 6. The van der Waals surface area contributed by atoms with Crippen molar-refractivity contribution in [3.63, 3.8) is 0 Å². The van der Waals surface area contributed by atoms with Crippen molar-refractivity contribution in [3.05, 3.63) is 30.4 Å². The van der Waals surface area contributed by atoms with Crippen molar-refractivity contribution < 1.29 is 23.1 Å². The van der Waals surface area contributed by atoms with Gasteiger partial charge in [-0.3, -0.25) is 14.2 Å². The normalized spacial score (nSPS) is 17.0. The van der Waals surface area contributed by atoms with Gasteiger partial charge in [0.05, 0.1) is 6.20 Å². The van der Waals surface area contributed by atoms with E-state index in [9.17, 15) is 18.0 Å². The van der Waals surface area contributed by atoms with Crippen molar-refractivity contribution in [1.29, 1.82) is 0 Å². The summed E-state index contributed by atoms with van der Waals surface area (Å²) in [6.45, 7) is 2.47. The van der Waals surface area contributed by atoms with Gasteiger partial charge in [0.25, 0.3) is 0 Å². The van der Waals surface area contributed by atoms with Crippen LogP contribution < -0.4 is 0 Å². The molecule has 1 unspecified atom stereocenters. The van der Waals surface area contributed by atoms with Gasteiger partial charge < -0.3 is 10.0 Å². The molecule has 3 heterocycles. The Morgan fingerprint density at radius 3 is 2.41 bits per heavy atom. The molecule has 2 aromatic heterocycles. The zero-order valence-corrected chi connectivity index (χ0v) is 15.7. The molecule has 0 aliphatic carbocycles. The first-order valence-corrected chi connectivity index (χ1v) is 9.70. The van der Waals surface area contributed by atoms with Crippen LogP contribution in [0.5, 0.6) is 0 Å². The van der Waals surface area contributed by atoms with Crippen molar-refractivity contribution in [1.82, 2.24) is 28.8 Å². The Labute approximate surface area is 155 Å². The number of piperazine rings is 1. The highest BCUT2D eigenvalue weighted by atomic mass is 32.2. The molecule has 1 aliphatic heterocycles. The van der Waals surface area contributed by atoms with Crippen molar-refractivity contribution in [2.75, 3.05) is 26.2 Å². The largest absolute Gasteiger partial charge is 0.476 e. The Hall–Kier alpha value is -2.73. The van der Waals surface area contributed by atoms with Crippen LogP contribution in [0.15, 0.2) is 29.6 Å². The van der Waals surface area contributed by atoms with Crippen molar-refractivity contribution in [3.8, 4) is 0 Å². The maximum absolute atomic E-state index is 12.6. The summed E-state index contributed by atoms with van der Waals surface area (Å²) in [4.78, 5) is 25.2. The molecule has 0 aromatic carbocycles. The van der Waals surface area contributed by atoms with Gasteiger partial charge in [-0.15, -0.1) is 0 Å². The Kier molecular flexibility index (Phi) is 5.02. The van der Waals surface area contributed by atoms with Crippen LogP contribution in [0, 0.1) is 0 Å². The molecular formula is C15H20N6O5S. The Morgan fingerprint density at radius 2 is 1.89 bits per heavy atom. The molecule has 0 saturated carbocycles. The molecule has 2 aromatic rings. The second-order valence-corrected chi connectivity index (χ2v) is 8.18. The van der Waals surface area contributed by atoms with E-state index < -0.39 is 22.0 Å². The standard InChI is InChI=1S/C15H20N6O5S/c1-11(21-4-3-13(17-21)15(23)24)14(22)19-5-7-20(8-6-19)27(25,26)12-9-16-18(2)10-12/h3-4,9-11H,5-8H2,1-2H3,(H,23,24). The Balaban J connectivity index is 1.64. The molecule has 1 aliphatic rings. The van der Waals surface area contributed by atoms with Gasteiger partial charge in [0.15, 0.2) is 5.69 Å². The van der Waals surface area contributed by atoms with Gasteiger partial charge in [0, 0.05) is 45.6 Å². The van der Waals surface area contributed by atoms with E-state index in [1.807, 2.05) is 0 Å². The number of aromatic carboxylic acids is 1. The zero-order valence-electron chi connectivity index (χ0n) is 14.9. The van der Waals surface area contributed by atoms with E-state index in [0.29, 0.717) is 0 Å². The Morgan fingerprint density at radius 1 is 1.22 bits per heavy atom. The summed E-state index contributed by atoms with van der Waals surface area (Å²) in [5, 5.41) is 16.7. The lowest BCUT2D eigenvalue weighted by Crippen LogP contribution is -2.51. The third kappa shape index (κ3) is 3.71. The smallest absolute Gasteiger partial charge is 0.356 e. The number of carboxylic acid groups (broad SMARTS) is 1. The summed E-state index contributed by atoms with van der Waals surface area (Å²) in [5.74, 6) is -1.41. The fourth-order valence-corrected chi connectivity index (χ4v) is 4.28. The van der Waals surface area contributed by atoms with Crippen LogP contribution in [0.4, 0.5) is 0 Å². The summed E-state index contributed by atoms with van der Waals surface area (Å²) in [5.41, 5.74) is -0.137. The van der Waals surface area contributed by atoms with Crippen molar-refractivity contribution in [2.24, 2.45) is 7.05 Å². The third-order valence-electron chi connectivity index (χ3n) is 4.45. The summed E-state index contributed by atoms with van der Waals surface area (Å²) in [6, 6.07) is 0.643. The van der Waals surface area contributed by atoms with E-state index >= 15 is 0 Å². The van der Waals surface area contributed by atoms with Gasteiger partial charge in [-0.25, -0.2) is 13.2 Å². The average molecular weight is 396 g/mol.